The van der Waals surface area contributed by atoms with E-state index in [-0.39, 0.29) is 5.91 Å². The van der Waals surface area contributed by atoms with E-state index in [0.717, 1.165) is 31.7 Å². The summed E-state index contributed by atoms with van der Waals surface area (Å²) in [6.07, 6.45) is 2.63. The highest BCUT2D eigenvalue weighted by atomic mass is 16.2. The summed E-state index contributed by atoms with van der Waals surface area (Å²) >= 11 is 0. The maximum Gasteiger partial charge on any atom is 0.227 e. The monoisotopic (exact) mass is 285 g/mol. The van der Waals surface area contributed by atoms with Crippen molar-refractivity contribution in [3.63, 3.8) is 0 Å². The molecule has 4 nitrogen and oxygen atoms in total. The van der Waals surface area contributed by atoms with Crippen molar-refractivity contribution in [1.82, 2.24) is 14.8 Å². The molecule has 2 aromatic rings. The zero-order valence-corrected chi connectivity index (χ0v) is 12.8. The lowest BCUT2D eigenvalue weighted by Gasteiger charge is -2.32. The number of rotatable bonds is 3. The van der Waals surface area contributed by atoms with Crippen molar-refractivity contribution in [3.8, 4) is 0 Å². The van der Waals surface area contributed by atoms with Crippen LogP contribution in [0.15, 0.2) is 30.5 Å². The Bertz CT molecular complexity index is 647. The number of benzene rings is 1. The van der Waals surface area contributed by atoms with Gasteiger partial charge < -0.3 is 14.8 Å². The molecule has 0 aliphatic carbocycles. The highest BCUT2D eigenvalue weighted by Crippen LogP contribution is 2.22. The second-order valence-electron chi connectivity index (χ2n) is 5.83. The van der Waals surface area contributed by atoms with Crippen LogP contribution in [-0.2, 0) is 17.8 Å². The van der Waals surface area contributed by atoms with Crippen LogP contribution in [0, 0.1) is 0 Å². The first-order valence-corrected chi connectivity index (χ1v) is 7.77. The summed E-state index contributed by atoms with van der Waals surface area (Å²) in [5, 5.41) is 4.58. The van der Waals surface area contributed by atoms with E-state index in [2.05, 4.69) is 48.1 Å². The third-order valence-electron chi connectivity index (χ3n) is 4.27. The summed E-state index contributed by atoms with van der Waals surface area (Å²) in [7, 11) is 0. The van der Waals surface area contributed by atoms with E-state index in [0.29, 0.717) is 12.5 Å². The molecule has 0 unspecified atom stereocenters. The van der Waals surface area contributed by atoms with Gasteiger partial charge in [-0.1, -0.05) is 18.2 Å². The van der Waals surface area contributed by atoms with E-state index < -0.39 is 0 Å². The second-order valence-corrected chi connectivity index (χ2v) is 5.83. The number of carbonyl (C=O) groups is 1. The average molecular weight is 285 g/mol. The number of nitrogens with zero attached hydrogens (tertiary/aromatic N) is 2. The number of aromatic nitrogens is 1. The van der Waals surface area contributed by atoms with E-state index in [4.69, 9.17) is 0 Å². The Kier molecular flexibility index (Phi) is 3.97. The predicted molar refractivity (Wildman–Crippen MR) is 85.4 cm³/mol. The molecule has 1 N–H and O–H groups in total. The van der Waals surface area contributed by atoms with Crippen molar-refractivity contribution >= 4 is 16.8 Å². The first-order chi connectivity index (χ1) is 10.2. The third-order valence-corrected chi connectivity index (χ3v) is 4.27. The Balaban J connectivity index is 1.83. The number of carbonyl (C=O) groups excluding carboxylic acids is 1. The van der Waals surface area contributed by atoms with Crippen LogP contribution in [0.4, 0.5) is 0 Å². The van der Waals surface area contributed by atoms with Gasteiger partial charge >= 0.3 is 0 Å². The van der Waals surface area contributed by atoms with E-state index in [1.165, 1.54) is 10.9 Å². The van der Waals surface area contributed by atoms with Crippen LogP contribution >= 0.6 is 0 Å². The Labute approximate surface area is 125 Å². The van der Waals surface area contributed by atoms with Crippen molar-refractivity contribution in [2.24, 2.45) is 0 Å². The Morgan fingerprint density at radius 2 is 2.19 bits per heavy atom. The molecule has 3 rings (SSSR count). The Morgan fingerprint density at radius 3 is 2.95 bits per heavy atom. The highest BCUT2D eigenvalue weighted by Gasteiger charge is 2.21. The summed E-state index contributed by atoms with van der Waals surface area (Å²) in [4.78, 5) is 14.5. The number of nitrogens with one attached hydrogen (secondary N) is 1. The lowest BCUT2D eigenvalue weighted by molar-refractivity contribution is -0.131. The fourth-order valence-corrected chi connectivity index (χ4v) is 3.16. The molecule has 1 aliphatic rings. The van der Waals surface area contributed by atoms with Crippen molar-refractivity contribution in [2.75, 3.05) is 19.6 Å². The van der Waals surface area contributed by atoms with Crippen LogP contribution in [0.1, 0.15) is 19.4 Å². The van der Waals surface area contributed by atoms with Gasteiger partial charge in [0.05, 0.1) is 6.42 Å². The van der Waals surface area contributed by atoms with Gasteiger partial charge in [-0.05, 0) is 25.5 Å². The van der Waals surface area contributed by atoms with Crippen LogP contribution in [-0.4, -0.2) is 41.1 Å². The largest absolute Gasteiger partial charge is 0.347 e. The molecule has 4 heteroatoms. The zero-order chi connectivity index (χ0) is 14.8. The van der Waals surface area contributed by atoms with E-state index in [1.54, 1.807) is 0 Å². The van der Waals surface area contributed by atoms with Gasteiger partial charge in [0, 0.05) is 49.3 Å². The van der Waals surface area contributed by atoms with E-state index >= 15 is 0 Å². The maximum atomic E-state index is 12.5. The van der Waals surface area contributed by atoms with Gasteiger partial charge in [0.2, 0.25) is 5.91 Å². The minimum Gasteiger partial charge on any atom is -0.347 e. The molecule has 0 bridgehead atoms. The lowest BCUT2D eigenvalue weighted by atomic mass is 10.1. The molecule has 1 aromatic carbocycles. The summed E-state index contributed by atoms with van der Waals surface area (Å²) in [6.45, 7) is 7.71. The van der Waals surface area contributed by atoms with Gasteiger partial charge in [-0.25, -0.2) is 0 Å². The topological polar surface area (TPSA) is 37.3 Å². The molecule has 112 valence electrons. The van der Waals surface area contributed by atoms with Gasteiger partial charge in [-0.3, -0.25) is 4.79 Å². The Morgan fingerprint density at radius 1 is 1.38 bits per heavy atom. The molecule has 1 amide bonds. The van der Waals surface area contributed by atoms with E-state index in [9.17, 15) is 4.79 Å². The number of piperazine rings is 1. The normalized spacial score (nSPS) is 19.1. The average Bonchev–Trinajstić information content (AvgIpc) is 2.85. The van der Waals surface area contributed by atoms with Gasteiger partial charge in [-0.2, -0.15) is 0 Å². The maximum absolute atomic E-state index is 12.5. The standard InChI is InChI=1S/C17H23N3O/c1-3-19-12-14(15-6-4-5-7-16(15)19)10-17(21)20-9-8-18-13(2)11-20/h4-7,12-13,18H,3,8-11H2,1-2H3/t13-/m1/s1. The van der Waals surface area contributed by atoms with Gasteiger partial charge in [-0.15, -0.1) is 0 Å². The third kappa shape index (κ3) is 2.81. The van der Waals surface area contributed by atoms with Crippen LogP contribution in [0.2, 0.25) is 0 Å². The number of para-hydroxylation sites is 1. The minimum atomic E-state index is 0.238. The molecule has 2 heterocycles. The quantitative estimate of drug-likeness (QED) is 0.937. The van der Waals surface area contributed by atoms with Crippen molar-refractivity contribution < 1.29 is 4.79 Å². The van der Waals surface area contributed by atoms with Gasteiger partial charge in [0.25, 0.3) is 0 Å². The molecule has 0 saturated carbocycles. The molecule has 0 spiro atoms. The number of fused-ring (bicyclic) bond motifs is 1. The van der Waals surface area contributed by atoms with Crippen LogP contribution in [0.3, 0.4) is 0 Å². The summed E-state index contributed by atoms with van der Waals surface area (Å²) < 4.78 is 2.22. The molecule has 1 fully saturated rings. The molecular formula is C17H23N3O. The first kappa shape index (κ1) is 14.1. The zero-order valence-electron chi connectivity index (χ0n) is 12.8. The molecule has 1 atom stereocenters. The number of hydrogen-bond acceptors (Lipinski definition) is 2. The molecule has 1 aliphatic heterocycles. The summed E-state index contributed by atoms with van der Waals surface area (Å²) in [6, 6.07) is 8.73. The fraction of sp³-hybridized carbons (Fsp3) is 0.471. The van der Waals surface area contributed by atoms with Crippen molar-refractivity contribution in [1.29, 1.82) is 0 Å². The van der Waals surface area contributed by atoms with Gasteiger partial charge in [0.1, 0.15) is 0 Å². The number of hydrogen-bond donors (Lipinski definition) is 1. The molecule has 21 heavy (non-hydrogen) atoms. The molecular weight excluding hydrogens is 262 g/mol. The lowest BCUT2D eigenvalue weighted by Crippen LogP contribution is -2.51. The summed E-state index contributed by atoms with van der Waals surface area (Å²) in [5.41, 5.74) is 2.36. The molecule has 1 aromatic heterocycles. The van der Waals surface area contributed by atoms with Crippen LogP contribution in [0.5, 0.6) is 0 Å². The molecule has 0 radical (unpaired) electrons. The minimum absolute atomic E-state index is 0.238. The van der Waals surface area contributed by atoms with E-state index in [1.807, 2.05) is 11.0 Å². The van der Waals surface area contributed by atoms with Crippen LogP contribution in [0.25, 0.3) is 10.9 Å². The highest BCUT2D eigenvalue weighted by molar-refractivity contribution is 5.89. The predicted octanol–water partition coefficient (Wildman–Crippen LogP) is 2.02. The van der Waals surface area contributed by atoms with Crippen molar-refractivity contribution in [2.45, 2.75) is 32.9 Å². The Hall–Kier alpha value is -1.81. The van der Waals surface area contributed by atoms with Crippen LogP contribution < -0.4 is 5.32 Å². The van der Waals surface area contributed by atoms with Gasteiger partial charge in [0.15, 0.2) is 0 Å². The number of amides is 1. The fourth-order valence-electron chi connectivity index (χ4n) is 3.16. The second kappa shape index (κ2) is 5.90. The van der Waals surface area contributed by atoms with Crippen molar-refractivity contribution in [3.05, 3.63) is 36.0 Å². The number of aryl methyl sites for hydroxylation is 1. The smallest absolute Gasteiger partial charge is 0.227 e. The molecule has 1 saturated heterocycles. The first-order valence-electron chi connectivity index (χ1n) is 7.77. The SMILES string of the molecule is CCn1cc(CC(=O)N2CCN[C@H](C)C2)c2ccccc21. The summed E-state index contributed by atoms with van der Waals surface area (Å²) in [5.74, 6) is 0.238.